The predicted octanol–water partition coefficient (Wildman–Crippen LogP) is 4.71. The Morgan fingerprint density at radius 1 is 1.12 bits per heavy atom. The minimum Gasteiger partial charge on any atom is -0.413 e. The molecule has 0 bridgehead atoms. The Labute approximate surface area is 155 Å². The second-order valence-corrected chi connectivity index (χ2v) is 12.8. The Bertz CT molecular complexity index is 924. The molecule has 0 atom stereocenters. The zero-order chi connectivity index (χ0) is 18.9. The molecule has 0 saturated carbocycles. The van der Waals surface area contributed by atoms with Gasteiger partial charge in [0, 0.05) is 17.1 Å². The van der Waals surface area contributed by atoms with Crippen LogP contribution < -0.4 is 0 Å². The summed E-state index contributed by atoms with van der Waals surface area (Å²) in [5.74, 6) is -0.103. The first-order valence-corrected chi connectivity index (χ1v) is 11.7. The summed E-state index contributed by atoms with van der Waals surface area (Å²) in [4.78, 5) is 24.1. The van der Waals surface area contributed by atoms with Crippen LogP contribution >= 0.6 is 0 Å². The summed E-state index contributed by atoms with van der Waals surface area (Å²) >= 11 is 0. The van der Waals surface area contributed by atoms with Gasteiger partial charge in [-0.05, 0) is 29.8 Å². The van der Waals surface area contributed by atoms with Gasteiger partial charge in [-0.2, -0.15) is 0 Å². The Morgan fingerprint density at radius 3 is 2.46 bits per heavy atom. The zero-order valence-electron chi connectivity index (χ0n) is 16.0. The van der Waals surface area contributed by atoms with E-state index in [0.717, 1.165) is 10.9 Å². The van der Waals surface area contributed by atoms with Crippen LogP contribution in [0.2, 0.25) is 18.1 Å². The van der Waals surface area contributed by atoms with Gasteiger partial charge in [-0.15, -0.1) is 0 Å². The van der Waals surface area contributed by atoms with Crippen molar-refractivity contribution in [3.05, 3.63) is 59.7 Å². The van der Waals surface area contributed by atoms with E-state index in [4.69, 9.17) is 4.43 Å². The quantitative estimate of drug-likeness (QED) is 0.524. The first kappa shape index (κ1) is 18.5. The molecule has 3 rings (SSSR count). The summed E-state index contributed by atoms with van der Waals surface area (Å²) in [6, 6.07) is 9.41. The van der Waals surface area contributed by atoms with Crippen molar-refractivity contribution in [1.29, 1.82) is 0 Å². The molecule has 0 unspecified atom stereocenters. The molecule has 5 nitrogen and oxygen atoms in total. The van der Waals surface area contributed by atoms with Crippen LogP contribution in [0.25, 0.3) is 11.0 Å². The minimum absolute atomic E-state index is 0.103. The molecule has 0 saturated heterocycles. The lowest BCUT2D eigenvalue weighted by molar-refractivity contribution is 0.103. The fourth-order valence-electron chi connectivity index (χ4n) is 2.42. The van der Waals surface area contributed by atoms with E-state index in [-0.39, 0.29) is 10.8 Å². The molecule has 1 N–H and O–H groups in total. The third kappa shape index (κ3) is 3.61. The third-order valence-electron chi connectivity index (χ3n) is 5.19. The molecule has 1 aromatic carbocycles. The van der Waals surface area contributed by atoms with Gasteiger partial charge in [0.15, 0.2) is 8.32 Å². The van der Waals surface area contributed by atoms with Crippen molar-refractivity contribution in [1.82, 2.24) is 15.0 Å². The molecule has 26 heavy (non-hydrogen) atoms. The highest BCUT2D eigenvalue weighted by atomic mass is 28.4. The molecule has 0 radical (unpaired) electrons. The minimum atomic E-state index is -1.79. The molecule has 0 spiro atoms. The van der Waals surface area contributed by atoms with Crippen LogP contribution in [-0.2, 0) is 11.0 Å². The van der Waals surface area contributed by atoms with Crippen LogP contribution in [-0.4, -0.2) is 29.1 Å². The van der Waals surface area contributed by atoms with E-state index >= 15 is 0 Å². The Balaban J connectivity index is 1.76. The van der Waals surface area contributed by atoms with Crippen LogP contribution in [0.1, 0.15) is 42.4 Å². The average Bonchev–Trinajstić information content (AvgIpc) is 3.07. The standard InChI is InChI=1S/C20H25N3O2Si/c1-20(2,3)26(4,5)25-12-14-6-8-15(9-7-14)18(24)17-16-10-11-21-19(16)23-13-22-17/h6-11,13H,12H2,1-5H3,(H,21,22,23). The van der Waals surface area contributed by atoms with E-state index in [1.807, 2.05) is 30.3 Å². The number of benzene rings is 1. The van der Waals surface area contributed by atoms with Gasteiger partial charge in [0.1, 0.15) is 17.7 Å². The first-order valence-electron chi connectivity index (χ1n) is 8.75. The number of rotatable bonds is 5. The normalized spacial score (nSPS) is 12.5. The molecule has 0 aliphatic heterocycles. The van der Waals surface area contributed by atoms with E-state index in [2.05, 4.69) is 48.8 Å². The highest BCUT2D eigenvalue weighted by Gasteiger charge is 2.37. The molecular weight excluding hydrogens is 342 g/mol. The zero-order valence-corrected chi connectivity index (χ0v) is 17.0. The maximum Gasteiger partial charge on any atom is 0.212 e. The number of hydrogen-bond donors (Lipinski definition) is 1. The largest absolute Gasteiger partial charge is 0.413 e. The number of nitrogens with zero attached hydrogens (tertiary/aromatic N) is 2. The number of nitrogens with one attached hydrogen (secondary N) is 1. The molecule has 3 aromatic rings. The second-order valence-electron chi connectivity index (χ2n) is 8.04. The smallest absolute Gasteiger partial charge is 0.212 e. The van der Waals surface area contributed by atoms with Gasteiger partial charge in [0.2, 0.25) is 5.78 Å². The molecule has 136 valence electrons. The summed E-state index contributed by atoms with van der Waals surface area (Å²) in [7, 11) is -1.79. The number of hydrogen-bond acceptors (Lipinski definition) is 4. The van der Waals surface area contributed by atoms with Gasteiger partial charge < -0.3 is 9.41 Å². The molecular formula is C20H25N3O2Si. The lowest BCUT2D eigenvalue weighted by Crippen LogP contribution is -2.40. The van der Waals surface area contributed by atoms with Crippen molar-refractivity contribution in [2.45, 2.75) is 45.5 Å². The van der Waals surface area contributed by atoms with E-state index in [0.29, 0.717) is 23.5 Å². The van der Waals surface area contributed by atoms with Crippen molar-refractivity contribution in [3.63, 3.8) is 0 Å². The highest BCUT2D eigenvalue weighted by Crippen LogP contribution is 2.37. The SMILES string of the molecule is CC(C)(C)[Si](C)(C)OCc1ccc(C(=O)c2ncnc3[nH]ccc23)cc1. The van der Waals surface area contributed by atoms with Gasteiger partial charge in [0.25, 0.3) is 0 Å². The monoisotopic (exact) mass is 367 g/mol. The fourth-order valence-corrected chi connectivity index (χ4v) is 3.38. The molecule has 2 heterocycles. The molecule has 0 amide bonds. The molecule has 0 fully saturated rings. The van der Waals surface area contributed by atoms with Gasteiger partial charge in [0.05, 0.1) is 6.61 Å². The number of ketones is 1. The third-order valence-corrected chi connectivity index (χ3v) is 9.67. The summed E-state index contributed by atoms with van der Waals surface area (Å²) < 4.78 is 6.24. The van der Waals surface area contributed by atoms with Gasteiger partial charge in [-0.1, -0.05) is 45.0 Å². The van der Waals surface area contributed by atoms with Crippen LogP contribution in [0.15, 0.2) is 42.9 Å². The van der Waals surface area contributed by atoms with Crippen molar-refractivity contribution < 1.29 is 9.22 Å². The molecule has 2 aromatic heterocycles. The topological polar surface area (TPSA) is 67.9 Å². The van der Waals surface area contributed by atoms with Crippen molar-refractivity contribution in [2.75, 3.05) is 0 Å². The maximum absolute atomic E-state index is 12.8. The van der Waals surface area contributed by atoms with Crippen LogP contribution in [0.5, 0.6) is 0 Å². The van der Waals surface area contributed by atoms with E-state index in [1.165, 1.54) is 6.33 Å². The summed E-state index contributed by atoms with van der Waals surface area (Å²) in [5.41, 5.74) is 2.77. The lowest BCUT2D eigenvalue weighted by Gasteiger charge is -2.36. The number of aromatic nitrogens is 3. The maximum atomic E-state index is 12.8. The van der Waals surface area contributed by atoms with E-state index in [1.54, 1.807) is 6.20 Å². The van der Waals surface area contributed by atoms with Gasteiger partial charge in [-0.25, -0.2) is 9.97 Å². The summed E-state index contributed by atoms with van der Waals surface area (Å²) in [6.07, 6.45) is 3.17. The summed E-state index contributed by atoms with van der Waals surface area (Å²) in [5, 5.41) is 0.917. The fraction of sp³-hybridized carbons (Fsp3) is 0.350. The van der Waals surface area contributed by atoms with Crippen molar-refractivity contribution in [3.8, 4) is 0 Å². The number of carbonyl (C=O) groups is 1. The van der Waals surface area contributed by atoms with Gasteiger partial charge >= 0.3 is 0 Å². The average molecular weight is 368 g/mol. The van der Waals surface area contributed by atoms with Crippen molar-refractivity contribution >= 4 is 25.1 Å². The Morgan fingerprint density at radius 2 is 1.81 bits per heavy atom. The number of carbonyl (C=O) groups excluding carboxylic acids is 1. The molecule has 0 aliphatic carbocycles. The number of aromatic amines is 1. The number of H-pyrrole nitrogens is 1. The number of fused-ring (bicyclic) bond motifs is 1. The first-order chi connectivity index (χ1) is 12.2. The van der Waals surface area contributed by atoms with Gasteiger partial charge in [-0.3, -0.25) is 4.79 Å². The van der Waals surface area contributed by atoms with Crippen LogP contribution in [0, 0.1) is 0 Å². The van der Waals surface area contributed by atoms with E-state index < -0.39 is 8.32 Å². The molecule has 6 heteroatoms. The van der Waals surface area contributed by atoms with E-state index in [9.17, 15) is 4.79 Å². The predicted molar refractivity (Wildman–Crippen MR) is 106 cm³/mol. The Hall–Kier alpha value is -2.31. The van der Waals surface area contributed by atoms with Crippen molar-refractivity contribution in [2.24, 2.45) is 0 Å². The Kier molecular flexibility index (Phi) is 4.81. The second kappa shape index (κ2) is 6.77. The summed E-state index contributed by atoms with van der Waals surface area (Å²) in [6.45, 7) is 11.7. The van der Waals surface area contributed by atoms with Crippen LogP contribution in [0.3, 0.4) is 0 Å². The molecule has 0 aliphatic rings. The lowest BCUT2D eigenvalue weighted by atomic mass is 10.0. The van der Waals surface area contributed by atoms with Crippen LogP contribution in [0.4, 0.5) is 0 Å². The highest BCUT2D eigenvalue weighted by molar-refractivity contribution is 6.74.